The van der Waals surface area contributed by atoms with Gasteiger partial charge in [-0.3, -0.25) is 0 Å². The van der Waals surface area contributed by atoms with Crippen molar-refractivity contribution in [3.05, 3.63) is 35.4 Å². The van der Waals surface area contributed by atoms with E-state index in [9.17, 15) is 8.42 Å². The number of nitrogens with zero attached hydrogens (tertiary/aromatic N) is 1. The molecule has 7 heteroatoms. The minimum Gasteiger partial charge on any atom is -0.381 e. The van der Waals surface area contributed by atoms with Crippen LogP contribution in [0.15, 0.2) is 34.7 Å². The van der Waals surface area contributed by atoms with Crippen LogP contribution in [-0.4, -0.2) is 43.9 Å². The van der Waals surface area contributed by atoms with Gasteiger partial charge in [0.1, 0.15) is 0 Å². The van der Waals surface area contributed by atoms with Gasteiger partial charge in [-0.1, -0.05) is 29.8 Å². The van der Waals surface area contributed by atoms with Crippen molar-refractivity contribution in [2.75, 3.05) is 19.8 Å². The fraction of sp³-hybridized carbons (Fsp3) is 0.429. The first kappa shape index (κ1) is 15.2. The summed E-state index contributed by atoms with van der Waals surface area (Å²) in [5.74, 6) is 1.35. The average Bonchev–Trinajstić information content (AvgIpc) is 2.59. The molecule has 2 aliphatic heterocycles. The van der Waals surface area contributed by atoms with Gasteiger partial charge in [0, 0.05) is 16.2 Å². The van der Waals surface area contributed by atoms with Crippen molar-refractivity contribution in [1.82, 2.24) is 4.90 Å². The van der Waals surface area contributed by atoms with E-state index >= 15 is 0 Å². The first-order valence-electron chi connectivity index (χ1n) is 6.61. The molecule has 0 fully saturated rings. The molecule has 2 aliphatic rings. The third-order valence-electron chi connectivity index (χ3n) is 3.69. The Kier molecular flexibility index (Phi) is 3.98. The molecule has 0 bridgehead atoms. The highest BCUT2D eigenvalue weighted by Gasteiger charge is 2.44. The van der Waals surface area contributed by atoms with Crippen molar-refractivity contribution in [3.8, 4) is 0 Å². The second-order valence-electron chi connectivity index (χ2n) is 5.28. The Morgan fingerprint density at radius 2 is 2.05 bits per heavy atom. The maximum absolute atomic E-state index is 12.3. The zero-order valence-corrected chi connectivity index (χ0v) is 14.1. The molecule has 0 saturated carbocycles. The Labute approximate surface area is 134 Å². The standard InChI is InChI=1S/C14H16ClNO3S2/c1-16(2)12-10-7-8-20-11-6-4-3-5-9(11)13(10)19-21(17,18)14(12)15/h3-6,12,14H,7-8H2,1-2H3/t12-,14+/m0/s1. The maximum Gasteiger partial charge on any atom is 0.328 e. The number of benzene rings is 1. The Morgan fingerprint density at radius 3 is 2.76 bits per heavy atom. The van der Waals surface area contributed by atoms with E-state index in [1.54, 1.807) is 11.8 Å². The maximum atomic E-state index is 12.3. The molecule has 0 saturated heterocycles. The van der Waals surface area contributed by atoms with E-state index in [1.165, 1.54) is 0 Å². The van der Waals surface area contributed by atoms with Gasteiger partial charge >= 0.3 is 10.1 Å². The van der Waals surface area contributed by atoms with Crippen molar-refractivity contribution in [1.29, 1.82) is 0 Å². The van der Waals surface area contributed by atoms with E-state index in [-0.39, 0.29) is 6.04 Å². The van der Waals surface area contributed by atoms with Gasteiger partial charge in [0.2, 0.25) is 0 Å². The van der Waals surface area contributed by atoms with Gasteiger partial charge in [0.15, 0.2) is 10.5 Å². The third-order valence-corrected chi connectivity index (χ3v) is 6.87. The molecule has 0 unspecified atom stereocenters. The SMILES string of the molecule is CN(C)[C@H]1C2=C(OS(=O)(=O)[C@H]1Cl)c1ccccc1SCC2. The molecule has 0 amide bonds. The molecular formula is C14H16ClNO3S2. The normalized spacial score (nSPS) is 27.6. The van der Waals surface area contributed by atoms with E-state index in [0.717, 1.165) is 28.2 Å². The predicted octanol–water partition coefficient (Wildman–Crippen LogP) is 2.75. The lowest BCUT2D eigenvalue weighted by Gasteiger charge is -2.35. The second kappa shape index (κ2) is 5.50. The van der Waals surface area contributed by atoms with Crippen molar-refractivity contribution in [3.63, 3.8) is 0 Å². The van der Waals surface area contributed by atoms with E-state index in [0.29, 0.717) is 5.76 Å². The largest absolute Gasteiger partial charge is 0.381 e. The highest BCUT2D eigenvalue weighted by Crippen LogP contribution is 2.44. The molecule has 2 heterocycles. The fourth-order valence-corrected chi connectivity index (χ4v) is 5.51. The van der Waals surface area contributed by atoms with Crippen LogP contribution in [0.4, 0.5) is 0 Å². The summed E-state index contributed by atoms with van der Waals surface area (Å²) in [4.78, 5) is 2.90. The van der Waals surface area contributed by atoms with Gasteiger partial charge < -0.3 is 9.08 Å². The third kappa shape index (κ3) is 2.59. The lowest BCUT2D eigenvalue weighted by molar-refractivity contribution is 0.311. The second-order valence-corrected chi connectivity index (χ2v) is 8.81. The van der Waals surface area contributed by atoms with Crippen LogP contribution in [0.3, 0.4) is 0 Å². The zero-order chi connectivity index (χ0) is 15.2. The molecule has 2 atom stereocenters. The molecule has 114 valence electrons. The van der Waals surface area contributed by atoms with Crippen molar-refractivity contribution in [2.45, 2.75) is 22.1 Å². The molecule has 1 aromatic rings. The lowest BCUT2D eigenvalue weighted by atomic mass is 9.99. The Balaban J connectivity index is 2.23. The van der Waals surface area contributed by atoms with E-state index < -0.39 is 14.8 Å². The Bertz CT molecular complexity index is 700. The number of rotatable bonds is 1. The zero-order valence-electron chi connectivity index (χ0n) is 11.7. The summed E-state index contributed by atoms with van der Waals surface area (Å²) >= 11 is 7.89. The monoisotopic (exact) mass is 345 g/mol. The van der Waals surface area contributed by atoms with Gasteiger partial charge in [-0.05, 0) is 32.2 Å². The summed E-state index contributed by atoms with van der Waals surface area (Å²) in [5.41, 5.74) is 1.81. The highest BCUT2D eigenvalue weighted by atomic mass is 35.5. The summed E-state index contributed by atoms with van der Waals surface area (Å²) < 4.78 is 28.8. The molecule has 0 radical (unpaired) electrons. The summed E-state index contributed by atoms with van der Waals surface area (Å²) in [6.45, 7) is 0. The van der Waals surface area contributed by atoms with E-state index in [1.807, 2.05) is 43.3 Å². The molecule has 4 nitrogen and oxygen atoms in total. The molecule has 0 spiro atoms. The molecule has 3 rings (SSSR count). The number of halogens is 1. The van der Waals surface area contributed by atoms with Crippen LogP contribution >= 0.6 is 23.4 Å². The first-order chi connectivity index (χ1) is 9.92. The average molecular weight is 346 g/mol. The molecule has 0 N–H and O–H groups in total. The minimum absolute atomic E-state index is 0.368. The minimum atomic E-state index is -3.83. The van der Waals surface area contributed by atoms with Gasteiger partial charge in [-0.25, -0.2) is 0 Å². The quantitative estimate of drug-likeness (QED) is 0.578. The van der Waals surface area contributed by atoms with E-state index in [2.05, 4.69) is 0 Å². The summed E-state index contributed by atoms with van der Waals surface area (Å²) in [7, 11) is -0.143. The van der Waals surface area contributed by atoms with E-state index in [4.69, 9.17) is 15.8 Å². The summed E-state index contributed by atoms with van der Waals surface area (Å²) in [5, 5.41) is 0. The highest BCUT2D eigenvalue weighted by molar-refractivity contribution is 7.99. The Hall–Kier alpha value is -0.690. The first-order valence-corrected chi connectivity index (χ1v) is 9.50. The van der Waals surface area contributed by atoms with Gasteiger partial charge in [-0.15, -0.1) is 11.8 Å². The number of fused-ring (bicyclic) bond motifs is 2. The van der Waals surface area contributed by atoms with Crippen molar-refractivity contribution in [2.24, 2.45) is 0 Å². The number of likely N-dealkylation sites (N-methyl/N-ethyl adjacent to an activating group) is 1. The predicted molar refractivity (Wildman–Crippen MR) is 85.8 cm³/mol. The topological polar surface area (TPSA) is 46.6 Å². The van der Waals surface area contributed by atoms with Crippen LogP contribution in [-0.2, 0) is 14.3 Å². The van der Waals surface area contributed by atoms with Gasteiger partial charge in [0.05, 0.1) is 6.04 Å². The summed E-state index contributed by atoms with van der Waals surface area (Å²) in [6, 6.07) is 7.36. The Morgan fingerprint density at radius 1 is 1.33 bits per heavy atom. The lowest BCUT2D eigenvalue weighted by Crippen LogP contribution is -2.45. The van der Waals surface area contributed by atoms with Crippen LogP contribution < -0.4 is 0 Å². The van der Waals surface area contributed by atoms with Crippen LogP contribution in [0.25, 0.3) is 5.76 Å². The number of hydrogen-bond acceptors (Lipinski definition) is 5. The number of thioether (sulfide) groups is 1. The molecular weight excluding hydrogens is 330 g/mol. The molecule has 0 aliphatic carbocycles. The van der Waals surface area contributed by atoms with Crippen molar-refractivity contribution < 1.29 is 12.6 Å². The van der Waals surface area contributed by atoms with Crippen LogP contribution in [0, 0.1) is 0 Å². The van der Waals surface area contributed by atoms with Crippen molar-refractivity contribution >= 4 is 39.2 Å². The molecule has 0 aromatic heterocycles. The van der Waals surface area contributed by atoms with Crippen LogP contribution in [0.5, 0.6) is 0 Å². The number of hydrogen-bond donors (Lipinski definition) is 0. The summed E-state index contributed by atoms with van der Waals surface area (Å²) in [6.07, 6.45) is 0.760. The molecule has 21 heavy (non-hydrogen) atoms. The smallest absolute Gasteiger partial charge is 0.328 e. The van der Waals surface area contributed by atoms with Crippen LogP contribution in [0.2, 0.25) is 0 Å². The van der Waals surface area contributed by atoms with Crippen LogP contribution in [0.1, 0.15) is 12.0 Å². The van der Waals surface area contributed by atoms with Gasteiger partial charge in [0.25, 0.3) is 0 Å². The number of alkyl halides is 1. The van der Waals surface area contributed by atoms with Gasteiger partial charge in [-0.2, -0.15) is 8.42 Å². The molecule has 1 aromatic carbocycles. The fourth-order valence-electron chi connectivity index (χ4n) is 2.74.